The Morgan fingerprint density at radius 2 is 0.870 bits per heavy atom. The molecule has 0 atom stereocenters. The molecular weight excluding hydrogens is 320 g/mol. The molecule has 126 valence electrons. The summed E-state index contributed by atoms with van der Waals surface area (Å²) in [5, 5.41) is 0. The van der Waals surface area contributed by atoms with Gasteiger partial charge in [-0.3, -0.25) is 0 Å². The number of anilines is 2. The summed E-state index contributed by atoms with van der Waals surface area (Å²) in [5.41, 5.74) is 20.6. The largest absolute Gasteiger partial charge is 0.398 e. The molecule has 0 bridgehead atoms. The second-order valence-corrected chi connectivity index (χ2v) is 6.24. The Morgan fingerprint density at radius 3 is 1.04 bits per heavy atom. The van der Waals surface area contributed by atoms with Crippen LogP contribution in [-0.4, -0.2) is 4.66 Å². The van der Waals surface area contributed by atoms with Gasteiger partial charge in [0.05, 0.1) is 14.9 Å². The smallest absolute Gasteiger partial charge is 0.0777 e. The van der Waals surface area contributed by atoms with Gasteiger partial charge in [0, 0.05) is 11.4 Å². The molecule has 0 spiro atoms. The summed E-state index contributed by atoms with van der Waals surface area (Å²) in [6.07, 6.45) is 0. The van der Waals surface area contributed by atoms with Gasteiger partial charge in [0.2, 0.25) is 0 Å². The van der Waals surface area contributed by atoms with E-state index in [0.717, 1.165) is 33.6 Å². The molecule has 2 rings (SSSR count). The fraction of sp³-hybridized carbons (Fsp3) is 0.250. The quantitative estimate of drug-likeness (QED) is 0.604. The van der Waals surface area contributed by atoms with Crippen LogP contribution in [0, 0.1) is 37.9 Å². The number of hydrogen-bond acceptors (Lipinski definition) is 6. The molecule has 7 heteroatoms. The van der Waals surface area contributed by atoms with E-state index >= 15 is 0 Å². The summed E-state index contributed by atoms with van der Waals surface area (Å²) in [6.45, 7) is 8.18. The first kappa shape index (κ1) is 19.2. The predicted octanol–water partition coefficient (Wildman–Crippen LogP) is -0.372. The van der Waals surface area contributed by atoms with E-state index in [2.05, 4.69) is 24.3 Å². The number of rotatable bonds is 1. The van der Waals surface area contributed by atoms with Crippen molar-refractivity contribution in [3.8, 4) is 11.1 Å². The molecule has 6 nitrogen and oxygen atoms in total. The van der Waals surface area contributed by atoms with Crippen LogP contribution in [0.15, 0.2) is 24.3 Å². The summed E-state index contributed by atoms with van der Waals surface area (Å²) in [6, 6.07) is 8.53. The van der Waals surface area contributed by atoms with E-state index in [4.69, 9.17) is 30.1 Å². The third-order valence-corrected chi connectivity index (χ3v) is 3.52. The van der Waals surface area contributed by atoms with Crippen LogP contribution in [0.5, 0.6) is 0 Å². The molecule has 0 saturated heterocycles. The summed E-state index contributed by atoms with van der Waals surface area (Å²) in [5.74, 6) is 0. The lowest BCUT2D eigenvalue weighted by molar-refractivity contribution is -1.92. The van der Waals surface area contributed by atoms with Gasteiger partial charge >= 0.3 is 0 Å². The Bertz CT molecular complexity index is 604. The average molecular weight is 341 g/mol. The van der Waals surface area contributed by atoms with Crippen molar-refractivity contribution in [2.75, 3.05) is 11.5 Å². The van der Waals surface area contributed by atoms with E-state index in [1.165, 1.54) is 11.1 Å². The van der Waals surface area contributed by atoms with Gasteiger partial charge in [-0.2, -0.15) is 14.0 Å². The highest BCUT2D eigenvalue weighted by molar-refractivity contribution is 5.73. The van der Waals surface area contributed by atoms with Crippen LogP contribution in [0.4, 0.5) is 11.4 Å². The maximum absolute atomic E-state index is 8.60. The molecule has 0 heterocycles. The van der Waals surface area contributed by atoms with E-state index in [1.807, 2.05) is 27.7 Å². The van der Waals surface area contributed by atoms with Crippen molar-refractivity contribution in [3.63, 3.8) is 0 Å². The summed E-state index contributed by atoms with van der Waals surface area (Å²) >= 11 is 0. The summed E-state index contributed by atoms with van der Waals surface area (Å²) in [7, 11) is -4.69. The molecule has 2 aromatic rings. The lowest BCUT2D eigenvalue weighted by atomic mass is 9.95. The standard InChI is InChI=1S/C16H20N2.ClHO4/c1-9-5-13(6-10(2)15(9)17)14-7-11(3)16(18)12(4)8-14;2-1(3,4)5/h5-8H,17-18H2,1-4H3;(H,2,3,4,5). The highest BCUT2D eigenvalue weighted by Gasteiger charge is 2.07. The second kappa shape index (κ2) is 7.16. The van der Waals surface area contributed by atoms with Crippen molar-refractivity contribution in [1.29, 1.82) is 0 Å². The predicted molar refractivity (Wildman–Crippen MR) is 81.9 cm³/mol. The zero-order chi connectivity index (χ0) is 17.9. The molecule has 0 amide bonds. The van der Waals surface area contributed by atoms with Gasteiger partial charge in [-0.1, -0.05) is 0 Å². The average Bonchev–Trinajstić information content (AvgIpc) is 2.39. The van der Waals surface area contributed by atoms with E-state index < -0.39 is 10.2 Å². The van der Waals surface area contributed by atoms with Crippen molar-refractivity contribution < 1.29 is 28.9 Å². The first-order valence-electron chi connectivity index (χ1n) is 6.77. The molecule has 0 radical (unpaired) electrons. The SMILES string of the molecule is Cc1cc(-c2cc(C)c(N)c(C)c2)cc(C)c1N.[O-][Cl+3]([O-])([O-])O. The molecule has 23 heavy (non-hydrogen) atoms. The maximum Gasteiger partial charge on any atom is 0.0777 e. The van der Waals surface area contributed by atoms with Crippen LogP contribution in [0.25, 0.3) is 11.1 Å². The molecule has 0 saturated carbocycles. The van der Waals surface area contributed by atoms with Crippen LogP contribution in [0.3, 0.4) is 0 Å². The second-order valence-electron chi connectivity index (χ2n) is 5.44. The van der Waals surface area contributed by atoms with Crippen molar-refractivity contribution in [1.82, 2.24) is 0 Å². The van der Waals surface area contributed by atoms with Gasteiger partial charge < -0.3 is 11.5 Å². The molecule has 0 fully saturated rings. The summed E-state index contributed by atoms with van der Waals surface area (Å²) in [4.78, 5) is 0. The van der Waals surface area contributed by atoms with Crippen molar-refractivity contribution in [3.05, 3.63) is 46.5 Å². The van der Waals surface area contributed by atoms with Gasteiger partial charge in [0.15, 0.2) is 0 Å². The van der Waals surface area contributed by atoms with Gasteiger partial charge in [-0.05, 0) is 85.3 Å². The molecule has 2 aromatic carbocycles. The Kier molecular flexibility index (Phi) is 5.98. The molecule has 5 N–H and O–H groups in total. The molecule has 0 aromatic heterocycles. The Morgan fingerprint density at radius 1 is 0.696 bits per heavy atom. The van der Waals surface area contributed by atoms with Gasteiger partial charge in [0.1, 0.15) is 0 Å². The van der Waals surface area contributed by atoms with Crippen LogP contribution in [0.1, 0.15) is 22.3 Å². The van der Waals surface area contributed by atoms with Crippen LogP contribution in [0.2, 0.25) is 0 Å². The molecule has 0 unspecified atom stereocenters. The van der Waals surface area contributed by atoms with Gasteiger partial charge in [-0.15, -0.1) is 0 Å². The van der Waals surface area contributed by atoms with Crippen molar-refractivity contribution in [2.24, 2.45) is 0 Å². The monoisotopic (exact) mass is 340 g/mol. The molecular formula is C16H21ClN2O4. The molecule has 0 aliphatic heterocycles. The van der Waals surface area contributed by atoms with Gasteiger partial charge in [0.25, 0.3) is 0 Å². The van der Waals surface area contributed by atoms with E-state index in [-0.39, 0.29) is 0 Å². The number of nitrogen functional groups attached to an aromatic ring is 2. The van der Waals surface area contributed by atoms with Crippen LogP contribution < -0.4 is 25.4 Å². The van der Waals surface area contributed by atoms with Crippen molar-refractivity contribution >= 4 is 11.4 Å². The molecule has 0 aliphatic carbocycles. The lowest BCUT2D eigenvalue weighted by Gasteiger charge is -2.12. The highest BCUT2D eigenvalue weighted by Crippen LogP contribution is 2.30. The Labute approximate surface area is 137 Å². The van der Waals surface area contributed by atoms with Crippen LogP contribution >= 0.6 is 0 Å². The van der Waals surface area contributed by atoms with E-state index in [0.29, 0.717) is 0 Å². The van der Waals surface area contributed by atoms with E-state index in [1.54, 1.807) is 0 Å². The Balaban J connectivity index is 0.000000463. The zero-order valence-corrected chi connectivity index (χ0v) is 14.3. The summed E-state index contributed by atoms with van der Waals surface area (Å²) < 4.78 is 32.7. The number of hydrogen-bond donors (Lipinski definition) is 3. The van der Waals surface area contributed by atoms with Crippen molar-refractivity contribution in [2.45, 2.75) is 27.7 Å². The number of benzene rings is 2. The third-order valence-electron chi connectivity index (χ3n) is 3.52. The maximum atomic E-state index is 8.60. The number of halogens is 1. The zero-order valence-electron chi connectivity index (χ0n) is 13.5. The molecule has 0 aliphatic rings. The topological polar surface area (TPSA) is 141 Å². The van der Waals surface area contributed by atoms with Crippen LogP contribution in [-0.2, 0) is 0 Å². The lowest BCUT2D eigenvalue weighted by Crippen LogP contribution is -2.58. The fourth-order valence-electron chi connectivity index (χ4n) is 2.28. The fourth-order valence-corrected chi connectivity index (χ4v) is 2.28. The minimum absolute atomic E-state index is 0.877. The Hall–Kier alpha value is -1.83. The first-order chi connectivity index (χ1) is 10.4. The highest BCUT2D eigenvalue weighted by atomic mass is 35.7. The third kappa shape index (κ3) is 5.70. The normalized spacial score (nSPS) is 11.0. The minimum atomic E-state index is -4.69. The number of nitrogens with two attached hydrogens (primary N) is 2. The minimum Gasteiger partial charge on any atom is -0.398 e. The number of aryl methyl sites for hydroxylation is 4. The van der Waals surface area contributed by atoms with E-state index in [9.17, 15) is 0 Å². The first-order valence-corrected chi connectivity index (χ1v) is 8.03. The van der Waals surface area contributed by atoms with Gasteiger partial charge in [-0.25, -0.2) is 0 Å².